The number of hydrogen-bond acceptors (Lipinski definition) is 3. The second-order valence-electron chi connectivity index (χ2n) is 6.02. The third kappa shape index (κ3) is 3.86. The molecule has 3 amide bonds. The summed E-state index contributed by atoms with van der Waals surface area (Å²) in [6.45, 7) is 2.41. The second-order valence-corrected chi connectivity index (χ2v) is 6.43. The van der Waals surface area contributed by atoms with Gasteiger partial charge in [-0.3, -0.25) is 14.4 Å². The van der Waals surface area contributed by atoms with Crippen molar-refractivity contribution in [1.29, 1.82) is 0 Å². The van der Waals surface area contributed by atoms with Gasteiger partial charge in [-0.05, 0) is 49.2 Å². The molecule has 0 radical (unpaired) electrons. The van der Waals surface area contributed by atoms with Crippen LogP contribution in [0.25, 0.3) is 0 Å². The van der Waals surface area contributed by atoms with Gasteiger partial charge in [0.15, 0.2) is 0 Å². The third-order valence-corrected chi connectivity index (χ3v) is 4.62. The van der Waals surface area contributed by atoms with Crippen LogP contribution in [-0.2, 0) is 14.4 Å². The molecular weight excluding hydrogens is 354 g/mol. The van der Waals surface area contributed by atoms with Crippen LogP contribution in [-0.4, -0.2) is 24.3 Å². The summed E-state index contributed by atoms with van der Waals surface area (Å²) >= 11 is 6.01. The SMILES string of the molecule is Cc1c(Cl)cccc1NC(=O)C(=O)Nc1cccc(N2CCCC2=O)c1. The lowest BCUT2D eigenvalue weighted by atomic mass is 10.2. The first-order valence-electron chi connectivity index (χ1n) is 8.23. The van der Waals surface area contributed by atoms with E-state index in [9.17, 15) is 14.4 Å². The Bertz CT molecular complexity index is 882. The molecule has 1 aliphatic rings. The monoisotopic (exact) mass is 371 g/mol. The van der Waals surface area contributed by atoms with Crippen molar-refractivity contribution in [3.05, 3.63) is 53.1 Å². The fraction of sp³-hybridized carbons (Fsp3) is 0.211. The molecule has 26 heavy (non-hydrogen) atoms. The molecule has 0 aliphatic carbocycles. The first-order valence-corrected chi connectivity index (χ1v) is 8.61. The van der Waals surface area contributed by atoms with E-state index in [1.807, 2.05) is 0 Å². The average Bonchev–Trinajstić information content (AvgIpc) is 3.05. The van der Waals surface area contributed by atoms with Gasteiger partial charge in [0.05, 0.1) is 0 Å². The molecule has 0 atom stereocenters. The van der Waals surface area contributed by atoms with Crippen molar-refractivity contribution in [1.82, 2.24) is 0 Å². The second kappa shape index (κ2) is 7.58. The first-order chi connectivity index (χ1) is 12.5. The molecular formula is C19H18ClN3O3. The summed E-state index contributed by atoms with van der Waals surface area (Å²) in [6, 6.07) is 12.0. The first kappa shape index (κ1) is 17.9. The topological polar surface area (TPSA) is 78.5 Å². The van der Waals surface area contributed by atoms with E-state index in [0.717, 1.165) is 6.42 Å². The summed E-state index contributed by atoms with van der Waals surface area (Å²) < 4.78 is 0. The average molecular weight is 372 g/mol. The molecule has 2 N–H and O–H groups in total. The maximum atomic E-state index is 12.2. The van der Waals surface area contributed by atoms with Crippen molar-refractivity contribution in [2.75, 3.05) is 22.1 Å². The van der Waals surface area contributed by atoms with E-state index in [-0.39, 0.29) is 5.91 Å². The lowest BCUT2D eigenvalue weighted by Crippen LogP contribution is -2.29. The highest BCUT2D eigenvalue weighted by Crippen LogP contribution is 2.25. The Morgan fingerprint density at radius 1 is 1.08 bits per heavy atom. The van der Waals surface area contributed by atoms with E-state index in [2.05, 4.69) is 10.6 Å². The van der Waals surface area contributed by atoms with E-state index in [1.54, 1.807) is 54.3 Å². The van der Waals surface area contributed by atoms with Crippen LogP contribution < -0.4 is 15.5 Å². The number of halogens is 1. The fourth-order valence-electron chi connectivity index (χ4n) is 2.78. The van der Waals surface area contributed by atoms with Crippen LogP contribution in [0.3, 0.4) is 0 Å². The Kier molecular flexibility index (Phi) is 5.23. The van der Waals surface area contributed by atoms with Crippen LogP contribution >= 0.6 is 11.6 Å². The number of benzene rings is 2. The zero-order valence-corrected chi connectivity index (χ0v) is 15.0. The van der Waals surface area contributed by atoms with Gasteiger partial charge in [-0.25, -0.2) is 0 Å². The summed E-state index contributed by atoms with van der Waals surface area (Å²) in [6.07, 6.45) is 1.34. The number of anilines is 3. The Morgan fingerprint density at radius 2 is 1.81 bits per heavy atom. The largest absolute Gasteiger partial charge is 0.318 e. The van der Waals surface area contributed by atoms with E-state index in [0.29, 0.717) is 40.6 Å². The molecule has 0 spiro atoms. The zero-order chi connectivity index (χ0) is 18.7. The van der Waals surface area contributed by atoms with Gasteiger partial charge in [0, 0.05) is 35.1 Å². The van der Waals surface area contributed by atoms with Crippen molar-refractivity contribution in [2.45, 2.75) is 19.8 Å². The molecule has 1 aliphatic heterocycles. The predicted molar refractivity (Wildman–Crippen MR) is 101 cm³/mol. The van der Waals surface area contributed by atoms with Crippen molar-refractivity contribution in [3.63, 3.8) is 0 Å². The zero-order valence-electron chi connectivity index (χ0n) is 14.2. The molecule has 0 bridgehead atoms. The number of carbonyl (C=O) groups excluding carboxylic acids is 3. The Morgan fingerprint density at radius 3 is 2.54 bits per heavy atom. The van der Waals surface area contributed by atoms with Crippen molar-refractivity contribution in [3.8, 4) is 0 Å². The third-order valence-electron chi connectivity index (χ3n) is 4.21. The number of nitrogens with one attached hydrogen (secondary N) is 2. The molecule has 3 rings (SSSR count). The number of hydrogen-bond donors (Lipinski definition) is 2. The highest BCUT2D eigenvalue weighted by molar-refractivity contribution is 6.44. The van der Waals surface area contributed by atoms with Crippen LogP contribution in [0.5, 0.6) is 0 Å². The minimum absolute atomic E-state index is 0.0580. The van der Waals surface area contributed by atoms with Gasteiger partial charge in [0.1, 0.15) is 0 Å². The summed E-state index contributed by atoms with van der Waals surface area (Å²) in [5.74, 6) is -1.53. The molecule has 0 saturated carbocycles. The van der Waals surface area contributed by atoms with Crippen molar-refractivity contribution >= 4 is 46.4 Å². The smallest absolute Gasteiger partial charge is 0.314 e. The van der Waals surface area contributed by atoms with Gasteiger partial charge in [0.2, 0.25) is 5.91 Å². The van der Waals surface area contributed by atoms with E-state index >= 15 is 0 Å². The minimum Gasteiger partial charge on any atom is -0.318 e. The Hall–Kier alpha value is -2.86. The van der Waals surface area contributed by atoms with Gasteiger partial charge in [-0.1, -0.05) is 23.7 Å². The van der Waals surface area contributed by atoms with E-state index in [4.69, 9.17) is 11.6 Å². The van der Waals surface area contributed by atoms with Crippen LogP contribution in [0.4, 0.5) is 17.1 Å². The van der Waals surface area contributed by atoms with Gasteiger partial charge in [-0.2, -0.15) is 0 Å². The predicted octanol–water partition coefficient (Wildman–Crippen LogP) is 3.35. The lowest BCUT2D eigenvalue weighted by molar-refractivity contribution is -0.133. The van der Waals surface area contributed by atoms with Crippen LogP contribution in [0, 0.1) is 6.92 Å². The van der Waals surface area contributed by atoms with E-state index in [1.165, 1.54) is 0 Å². The molecule has 1 fully saturated rings. The van der Waals surface area contributed by atoms with Crippen LogP contribution in [0.2, 0.25) is 5.02 Å². The standard InChI is InChI=1S/C19H18ClN3O3/c1-12-15(20)7-3-8-16(12)22-19(26)18(25)21-13-5-2-6-14(11-13)23-10-4-9-17(23)24/h2-3,5-8,11H,4,9-10H2,1H3,(H,21,25)(H,22,26). The molecule has 7 heteroatoms. The van der Waals surface area contributed by atoms with Gasteiger partial charge >= 0.3 is 11.8 Å². The number of carbonyl (C=O) groups is 3. The quantitative estimate of drug-likeness (QED) is 0.812. The van der Waals surface area contributed by atoms with Crippen molar-refractivity contribution in [2.24, 2.45) is 0 Å². The molecule has 6 nitrogen and oxygen atoms in total. The molecule has 0 aromatic heterocycles. The Labute approximate surface area is 156 Å². The maximum Gasteiger partial charge on any atom is 0.314 e. The van der Waals surface area contributed by atoms with Crippen LogP contribution in [0.15, 0.2) is 42.5 Å². The summed E-state index contributed by atoms with van der Waals surface area (Å²) in [7, 11) is 0. The Balaban J connectivity index is 1.68. The highest BCUT2D eigenvalue weighted by Gasteiger charge is 2.22. The van der Waals surface area contributed by atoms with Crippen LogP contribution in [0.1, 0.15) is 18.4 Å². The minimum atomic E-state index is -0.797. The number of amides is 3. The maximum absolute atomic E-state index is 12.2. The fourth-order valence-corrected chi connectivity index (χ4v) is 2.96. The number of nitrogens with zero attached hydrogens (tertiary/aromatic N) is 1. The molecule has 2 aromatic carbocycles. The van der Waals surface area contributed by atoms with Gasteiger partial charge in [0.25, 0.3) is 0 Å². The normalized spacial score (nSPS) is 13.6. The summed E-state index contributed by atoms with van der Waals surface area (Å²) in [5, 5.41) is 5.61. The number of rotatable bonds is 3. The van der Waals surface area contributed by atoms with Gasteiger partial charge < -0.3 is 15.5 Å². The molecule has 0 unspecified atom stereocenters. The summed E-state index contributed by atoms with van der Waals surface area (Å²) in [4.78, 5) is 37.8. The summed E-state index contributed by atoms with van der Waals surface area (Å²) in [5.41, 5.74) is 2.32. The van der Waals surface area contributed by atoms with E-state index < -0.39 is 11.8 Å². The molecule has 134 valence electrons. The molecule has 1 heterocycles. The van der Waals surface area contributed by atoms with Gasteiger partial charge in [-0.15, -0.1) is 0 Å². The molecule has 1 saturated heterocycles. The molecule has 2 aromatic rings. The highest BCUT2D eigenvalue weighted by atomic mass is 35.5. The lowest BCUT2D eigenvalue weighted by Gasteiger charge is -2.16. The van der Waals surface area contributed by atoms with Crippen molar-refractivity contribution < 1.29 is 14.4 Å².